The smallest absolute Gasteiger partial charge is 0.328 e. The average Bonchev–Trinajstić information content (AvgIpc) is 2.38. The van der Waals surface area contributed by atoms with Gasteiger partial charge in [-0.25, -0.2) is 4.79 Å². The zero-order chi connectivity index (χ0) is 15.0. The predicted octanol–water partition coefficient (Wildman–Crippen LogP) is 4.97. The molecule has 2 nitrogen and oxygen atoms in total. The van der Waals surface area contributed by atoms with Gasteiger partial charge >= 0.3 is 5.97 Å². The highest BCUT2D eigenvalue weighted by molar-refractivity contribution is 5.81. The second kappa shape index (κ2) is 8.36. The van der Waals surface area contributed by atoms with Crippen LogP contribution in [0.15, 0.2) is 58.7 Å². The summed E-state index contributed by atoms with van der Waals surface area (Å²) in [4.78, 5) is 10.5. The lowest BCUT2D eigenvalue weighted by atomic mass is 9.88. The van der Waals surface area contributed by atoms with Gasteiger partial charge in [0, 0.05) is 6.08 Å². The maximum atomic E-state index is 10.5. The summed E-state index contributed by atoms with van der Waals surface area (Å²) in [6.07, 6.45) is 16.3. The van der Waals surface area contributed by atoms with E-state index in [0.29, 0.717) is 0 Å². The van der Waals surface area contributed by atoms with E-state index < -0.39 is 5.97 Å². The lowest BCUT2D eigenvalue weighted by Crippen LogP contribution is -1.98. The van der Waals surface area contributed by atoms with E-state index in [9.17, 15) is 4.79 Å². The molecule has 0 aliphatic heterocycles. The third kappa shape index (κ3) is 5.87. The van der Waals surface area contributed by atoms with Gasteiger partial charge < -0.3 is 5.11 Å². The molecule has 0 amide bonds. The van der Waals surface area contributed by atoms with Crippen LogP contribution in [0, 0.1) is 0 Å². The van der Waals surface area contributed by atoms with Crippen molar-refractivity contribution < 1.29 is 9.90 Å². The molecule has 0 spiro atoms. The third-order valence-corrected chi connectivity index (χ3v) is 3.37. The van der Waals surface area contributed by atoms with Crippen LogP contribution >= 0.6 is 0 Å². The molecule has 1 fully saturated rings. The summed E-state index contributed by atoms with van der Waals surface area (Å²) in [7, 11) is 0. The monoisotopic (exact) mass is 272 g/mol. The third-order valence-electron chi connectivity index (χ3n) is 3.37. The van der Waals surface area contributed by atoms with Crippen LogP contribution in [-0.4, -0.2) is 11.1 Å². The normalized spacial score (nSPS) is 21.9. The van der Waals surface area contributed by atoms with Gasteiger partial charge in [0.15, 0.2) is 0 Å². The number of hydrogen-bond donors (Lipinski definition) is 1. The van der Waals surface area contributed by atoms with Gasteiger partial charge in [-0.2, -0.15) is 0 Å². The van der Waals surface area contributed by atoms with Crippen LogP contribution in [0.25, 0.3) is 0 Å². The molecule has 1 N–H and O–H groups in total. The van der Waals surface area contributed by atoms with E-state index in [4.69, 9.17) is 5.11 Å². The molecule has 1 rings (SSSR count). The maximum Gasteiger partial charge on any atom is 0.328 e. The van der Waals surface area contributed by atoms with Crippen LogP contribution in [-0.2, 0) is 4.79 Å². The van der Waals surface area contributed by atoms with Gasteiger partial charge in [0.25, 0.3) is 0 Å². The van der Waals surface area contributed by atoms with Crippen LogP contribution in [0.5, 0.6) is 0 Å². The molecule has 20 heavy (non-hydrogen) atoms. The zero-order valence-corrected chi connectivity index (χ0v) is 12.6. The van der Waals surface area contributed by atoms with Crippen LogP contribution in [0.1, 0.15) is 46.5 Å². The Labute approximate surface area is 121 Å². The fraction of sp³-hybridized carbons (Fsp3) is 0.389. The molecule has 0 saturated heterocycles. The SMILES string of the molecule is C/C=C1/CCCC/C1=C\C(C)=C\C=C\C(C)=C/C(=O)O. The average molecular weight is 272 g/mol. The molecule has 0 heterocycles. The number of allylic oxidation sites excluding steroid dienone is 9. The Morgan fingerprint density at radius 2 is 1.75 bits per heavy atom. The van der Waals surface area contributed by atoms with E-state index in [1.807, 2.05) is 18.2 Å². The van der Waals surface area contributed by atoms with Crippen molar-refractivity contribution >= 4 is 5.97 Å². The molecule has 1 aliphatic rings. The molecule has 0 aromatic rings. The summed E-state index contributed by atoms with van der Waals surface area (Å²) < 4.78 is 0. The molecule has 0 unspecified atom stereocenters. The fourth-order valence-corrected chi connectivity index (χ4v) is 2.36. The second-order valence-electron chi connectivity index (χ2n) is 5.19. The van der Waals surface area contributed by atoms with E-state index in [2.05, 4.69) is 26.0 Å². The Hall–Kier alpha value is -1.83. The van der Waals surface area contributed by atoms with Crippen LogP contribution in [0.2, 0.25) is 0 Å². The van der Waals surface area contributed by atoms with E-state index in [0.717, 1.165) is 12.0 Å². The molecule has 1 saturated carbocycles. The van der Waals surface area contributed by atoms with Crippen molar-refractivity contribution in [3.63, 3.8) is 0 Å². The molecule has 0 aromatic carbocycles. The minimum absolute atomic E-state index is 0.737. The largest absolute Gasteiger partial charge is 0.478 e. The lowest BCUT2D eigenvalue weighted by Gasteiger charge is -2.18. The molecule has 0 radical (unpaired) electrons. The Morgan fingerprint density at radius 1 is 1.10 bits per heavy atom. The standard InChI is InChI=1S/C18H24O2/c1-4-16-10-5-6-11-17(16)12-14(2)8-7-9-15(3)13-18(19)20/h4,7-9,12-13H,5-6,10-11H2,1-3H3,(H,19,20)/b9-7+,14-8+,15-13-,16-4-,17-12+. The molecule has 0 atom stereocenters. The number of carboxylic acid groups (broad SMARTS) is 1. The molecule has 0 bridgehead atoms. The number of hydrogen-bond acceptors (Lipinski definition) is 1. The number of rotatable bonds is 4. The van der Waals surface area contributed by atoms with Gasteiger partial charge in [0.05, 0.1) is 0 Å². The lowest BCUT2D eigenvalue weighted by molar-refractivity contribution is -0.131. The summed E-state index contributed by atoms with van der Waals surface area (Å²) in [6.45, 7) is 5.97. The Morgan fingerprint density at radius 3 is 2.35 bits per heavy atom. The number of carboxylic acids is 1. The first-order chi connectivity index (χ1) is 9.52. The van der Waals surface area contributed by atoms with Crippen molar-refractivity contribution in [3.05, 3.63) is 58.7 Å². The predicted molar refractivity (Wildman–Crippen MR) is 84.6 cm³/mol. The first kappa shape index (κ1) is 16.2. The summed E-state index contributed by atoms with van der Waals surface area (Å²) >= 11 is 0. The van der Waals surface area contributed by atoms with Crippen LogP contribution in [0.3, 0.4) is 0 Å². The number of aliphatic carboxylic acids is 1. The maximum absolute atomic E-state index is 10.5. The Bertz CT molecular complexity index is 500. The van der Waals surface area contributed by atoms with Gasteiger partial charge in [-0.15, -0.1) is 0 Å². The molecular weight excluding hydrogens is 248 g/mol. The summed E-state index contributed by atoms with van der Waals surface area (Å²) in [5.41, 5.74) is 4.84. The van der Waals surface area contributed by atoms with Crippen LogP contribution in [0.4, 0.5) is 0 Å². The van der Waals surface area contributed by atoms with Crippen molar-refractivity contribution in [2.24, 2.45) is 0 Å². The molecule has 0 aromatic heterocycles. The summed E-state index contributed by atoms with van der Waals surface area (Å²) in [5, 5.41) is 8.62. The van der Waals surface area contributed by atoms with E-state index >= 15 is 0 Å². The highest BCUT2D eigenvalue weighted by Gasteiger charge is 2.09. The summed E-state index contributed by atoms with van der Waals surface area (Å²) in [5.74, 6) is -0.908. The summed E-state index contributed by atoms with van der Waals surface area (Å²) in [6, 6.07) is 0. The Balaban J connectivity index is 2.74. The van der Waals surface area contributed by atoms with Crippen molar-refractivity contribution in [2.75, 3.05) is 0 Å². The van der Waals surface area contributed by atoms with Crippen molar-refractivity contribution in [3.8, 4) is 0 Å². The molecule has 2 heteroatoms. The van der Waals surface area contributed by atoms with Gasteiger partial charge in [-0.3, -0.25) is 0 Å². The van der Waals surface area contributed by atoms with E-state index in [-0.39, 0.29) is 0 Å². The molecular formula is C18H24O2. The topological polar surface area (TPSA) is 37.3 Å². The Kier molecular flexibility index (Phi) is 6.78. The van der Waals surface area contributed by atoms with E-state index in [1.54, 1.807) is 6.92 Å². The minimum Gasteiger partial charge on any atom is -0.478 e. The zero-order valence-electron chi connectivity index (χ0n) is 12.6. The molecule has 108 valence electrons. The quantitative estimate of drug-likeness (QED) is 0.579. The van der Waals surface area contributed by atoms with E-state index in [1.165, 1.54) is 42.1 Å². The number of carbonyl (C=O) groups is 1. The second-order valence-corrected chi connectivity index (χ2v) is 5.19. The van der Waals surface area contributed by atoms with Gasteiger partial charge in [0.1, 0.15) is 0 Å². The van der Waals surface area contributed by atoms with Crippen molar-refractivity contribution in [1.29, 1.82) is 0 Å². The van der Waals surface area contributed by atoms with Crippen molar-refractivity contribution in [2.45, 2.75) is 46.5 Å². The van der Waals surface area contributed by atoms with Gasteiger partial charge in [-0.1, -0.05) is 36.0 Å². The first-order valence-corrected chi connectivity index (χ1v) is 7.15. The highest BCUT2D eigenvalue weighted by Crippen LogP contribution is 2.29. The van der Waals surface area contributed by atoms with Crippen LogP contribution < -0.4 is 0 Å². The van der Waals surface area contributed by atoms with Gasteiger partial charge in [0.2, 0.25) is 0 Å². The van der Waals surface area contributed by atoms with Crippen molar-refractivity contribution in [1.82, 2.24) is 0 Å². The molecule has 1 aliphatic carbocycles. The minimum atomic E-state index is -0.908. The fourth-order valence-electron chi connectivity index (χ4n) is 2.36. The van der Waals surface area contributed by atoms with Gasteiger partial charge in [-0.05, 0) is 63.2 Å². The highest BCUT2D eigenvalue weighted by atomic mass is 16.4. The first-order valence-electron chi connectivity index (χ1n) is 7.15.